The van der Waals surface area contributed by atoms with E-state index in [1.54, 1.807) is 0 Å². The summed E-state index contributed by atoms with van der Waals surface area (Å²) < 4.78 is 5.61. The largest absolute Gasteiger partial charge is 0.492 e. The summed E-state index contributed by atoms with van der Waals surface area (Å²) in [6.45, 7) is 2.74. The third-order valence-corrected chi connectivity index (χ3v) is 2.66. The third-order valence-electron chi connectivity index (χ3n) is 2.41. The molecule has 1 rings (SSSR count). The van der Waals surface area contributed by atoms with Crippen LogP contribution in [0.1, 0.15) is 26.2 Å². The lowest BCUT2D eigenvalue weighted by Gasteiger charge is -2.16. The van der Waals surface area contributed by atoms with Crippen molar-refractivity contribution < 1.29 is 4.74 Å². The normalized spacial score (nSPS) is 12.4. The molecule has 3 nitrogen and oxygen atoms in total. The quantitative estimate of drug-likeness (QED) is 0.571. The van der Waals surface area contributed by atoms with E-state index in [9.17, 15) is 0 Å². The second-order valence-corrected chi connectivity index (χ2v) is 4.21. The molecule has 0 aliphatic carbocycles. The van der Waals surface area contributed by atoms with Crippen molar-refractivity contribution >= 4 is 11.6 Å². The Kier molecular flexibility index (Phi) is 6.23. The predicted octanol–water partition coefficient (Wildman–Crippen LogP) is 2.74. The molecule has 0 aromatic heterocycles. The molecule has 4 heteroatoms. The predicted molar refractivity (Wildman–Crippen MR) is 67.6 cm³/mol. The molecule has 16 heavy (non-hydrogen) atoms. The van der Waals surface area contributed by atoms with Crippen molar-refractivity contribution in [2.75, 3.05) is 6.61 Å². The first-order chi connectivity index (χ1) is 7.76. The maximum Gasteiger partial charge on any atom is 0.119 e. The van der Waals surface area contributed by atoms with Gasteiger partial charge in [0.15, 0.2) is 0 Å². The molecule has 0 saturated carbocycles. The Morgan fingerprint density at radius 2 is 2.06 bits per heavy atom. The minimum Gasteiger partial charge on any atom is -0.492 e. The third kappa shape index (κ3) is 4.84. The molecular weight excluding hydrogens is 224 g/mol. The summed E-state index contributed by atoms with van der Waals surface area (Å²) in [5, 5.41) is 0.715. The van der Waals surface area contributed by atoms with E-state index in [0.717, 1.165) is 18.6 Å². The summed E-state index contributed by atoms with van der Waals surface area (Å²) in [5.41, 5.74) is 2.77. The minimum absolute atomic E-state index is 0.204. The van der Waals surface area contributed by atoms with Gasteiger partial charge in [-0.25, -0.2) is 0 Å². The maximum absolute atomic E-state index is 5.78. The molecular formula is C12H19ClN2O. The van der Waals surface area contributed by atoms with Crippen LogP contribution in [0.15, 0.2) is 24.3 Å². The first-order valence-corrected chi connectivity index (χ1v) is 5.98. The second-order valence-electron chi connectivity index (χ2n) is 3.77. The number of halogens is 1. The lowest BCUT2D eigenvalue weighted by molar-refractivity contribution is 0.255. The van der Waals surface area contributed by atoms with Crippen molar-refractivity contribution in [1.82, 2.24) is 5.43 Å². The molecule has 90 valence electrons. The van der Waals surface area contributed by atoms with Crippen LogP contribution in [-0.2, 0) is 0 Å². The Morgan fingerprint density at radius 3 is 2.62 bits per heavy atom. The summed E-state index contributed by atoms with van der Waals surface area (Å²) in [6, 6.07) is 7.54. The number of unbranched alkanes of at least 4 members (excludes halogenated alkanes) is 1. The van der Waals surface area contributed by atoms with E-state index < -0.39 is 0 Å². The summed E-state index contributed by atoms with van der Waals surface area (Å²) in [6.07, 6.45) is 3.35. The second kappa shape index (κ2) is 7.49. The number of hydrazine groups is 1. The number of ether oxygens (including phenoxy) is 1. The van der Waals surface area contributed by atoms with Gasteiger partial charge in [0, 0.05) is 5.02 Å². The first-order valence-electron chi connectivity index (χ1n) is 5.60. The van der Waals surface area contributed by atoms with Crippen LogP contribution in [0.3, 0.4) is 0 Å². The van der Waals surface area contributed by atoms with Crippen molar-refractivity contribution in [3.63, 3.8) is 0 Å². The summed E-state index contributed by atoms with van der Waals surface area (Å²) in [7, 11) is 0. The molecule has 0 bridgehead atoms. The van der Waals surface area contributed by atoms with Crippen molar-refractivity contribution in [3.8, 4) is 5.75 Å². The number of nitrogens with two attached hydrogens (primary N) is 1. The zero-order chi connectivity index (χ0) is 11.8. The molecule has 0 aliphatic rings. The maximum atomic E-state index is 5.78. The molecule has 0 fully saturated rings. The zero-order valence-corrected chi connectivity index (χ0v) is 10.3. The van der Waals surface area contributed by atoms with Gasteiger partial charge in [-0.05, 0) is 30.7 Å². The van der Waals surface area contributed by atoms with Crippen LogP contribution in [0, 0.1) is 0 Å². The molecule has 0 amide bonds. The van der Waals surface area contributed by atoms with Crippen LogP contribution < -0.4 is 16.0 Å². The van der Waals surface area contributed by atoms with Gasteiger partial charge in [0.25, 0.3) is 0 Å². The Morgan fingerprint density at radius 1 is 1.38 bits per heavy atom. The topological polar surface area (TPSA) is 47.3 Å². The lowest BCUT2D eigenvalue weighted by atomic mass is 10.1. The van der Waals surface area contributed by atoms with E-state index in [1.807, 2.05) is 24.3 Å². The fraction of sp³-hybridized carbons (Fsp3) is 0.500. The van der Waals surface area contributed by atoms with Crippen molar-refractivity contribution in [3.05, 3.63) is 29.3 Å². The van der Waals surface area contributed by atoms with E-state index in [2.05, 4.69) is 12.3 Å². The highest BCUT2D eigenvalue weighted by Crippen LogP contribution is 2.15. The fourth-order valence-electron chi connectivity index (χ4n) is 1.39. The molecule has 0 heterocycles. The highest BCUT2D eigenvalue weighted by Gasteiger charge is 2.06. The van der Waals surface area contributed by atoms with E-state index in [-0.39, 0.29) is 6.04 Å². The average molecular weight is 243 g/mol. The van der Waals surface area contributed by atoms with Crippen molar-refractivity contribution in [2.24, 2.45) is 5.84 Å². The fourth-order valence-corrected chi connectivity index (χ4v) is 1.52. The molecule has 1 aromatic carbocycles. The lowest BCUT2D eigenvalue weighted by Crippen LogP contribution is -2.39. The molecule has 0 radical (unpaired) electrons. The first kappa shape index (κ1) is 13.3. The monoisotopic (exact) mass is 242 g/mol. The highest BCUT2D eigenvalue weighted by atomic mass is 35.5. The summed E-state index contributed by atoms with van der Waals surface area (Å²) in [5.74, 6) is 6.27. The van der Waals surface area contributed by atoms with Gasteiger partial charge in [0.05, 0.1) is 6.04 Å². The minimum atomic E-state index is 0.204. The van der Waals surface area contributed by atoms with Crippen molar-refractivity contribution in [1.29, 1.82) is 0 Å². The Hall–Kier alpha value is -0.770. The smallest absolute Gasteiger partial charge is 0.119 e. The van der Waals surface area contributed by atoms with E-state index in [4.69, 9.17) is 22.2 Å². The zero-order valence-electron chi connectivity index (χ0n) is 9.58. The Balaban J connectivity index is 2.34. The number of rotatable bonds is 7. The van der Waals surface area contributed by atoms with Gasteiger partial charge < -0.3 is 4.74 Å². The molecule has 1 unspecified atom stereocenters. The van der Waals surface area contributed by atoms with Gasteiger partial charge in [0.1, 0.15) is 12.4 Å². The number of nitrogens with one attached hydrogen (secondary N) is 1. The Bertz CT molecular complexity index is 290. The Labute approximate surface area is 102 Å². The van der Waals surface area contributed by atoms with Crippen LogP contribution in [-0.4, -0.2) is 12.6 Å². The van der Waals surface area contributed by atoms with E-state index in [0.29, 0.717) is 11.6 Å². The SMILES string of the molecule is CCCCC(COc1ccc(Cl)cc1)NN. The van der Waals surface area contributed by atoms with Crippen LogP contribution in [0.25, 0.3) is 0 Å². The number of hydrogen-bond donors (Lipinski definition) is 2. The van der Waals surface area contributed by atoms with Gasteiger partial charge in [0.2, 0.25) is 0 Å². The van der Waals surface area contributed by atoms with Gasteiger partial charge >= 0.3 is 0 Å². The summed E-state index contributed by atoms with van der Waals surface area (Å²) in [4.78, 5) is 0. The number of hydrogen-bond acceptors (Lipinski definition) is 3. The average Bonchev–Trinajstić information content (AvgIpc) is 2.32. The standard InChI is InChI=1S/C12H19ClN2O/c1-2-3-4-11(15-14)9-16-12-7-5-10(13)6-8-12/h5-8,11,15H,2-4,9,14H2,1H3. The molecule has 3 N–H and O–H groups in total. The van der Waals surface area contributed by atoms with Gasteiger partial charge in [-0.15, -0.1) is 0 Å². The number of benzene rings is 1. The summed E-state index contributed by atoms with van der Waals surface area (Å²) >= 11 is 5.78. The molecule has 0 spiro atoms. The molecule has 0 saturated heterocycles. The van der Waals surface area contributed by atoms with Crippen LogP contribution in [0.4, 0.5) is 0 Å². The molecule has 1 aromatic rings. The van der Waals surface area contributed by atoms with E-state index >= 15 is 0 Å². The highest BCUT2D eigenvalue weighted by molar-refractivity contribution is 6.30. The van der Waals surface area contributed by atoms with Crippen molar-refractivity contribution in [2.45, 2.75) is 32.2 Å². The van der Waals surface area contributed by atoms with Crippen LogP contribution >= 0.6 is 11.6 Å². The van der Waals surface area contributed by atoms with Crippen LogP contribution in [0.5, 0.6) is 5.75 Å². The molecule has 1 atom stereocenters. The van der Waals surface area contributed by atoms with Gasteiger partial charge in [-0.3, -0.25) is 11.3 Å². The van der Waals surface area contributed by atoms with Gasteiger partial charge in [-0.1, -0.05) is 31.4 Å². The van der Waals surface area contributed by atoms with E-state index in [1.165, 1.54) is 6.42 Å². The van der Waals surface area contributed by atoms with Gasteiger partial charge in [-0.2, -0.15) is 0 Å². The molecule has 0 aliphatic heterocycles. The van der Waals surface area contributed by atoms with Crippen LogP contribution in [0.2, 0.25) is 5.02 Å².